The van der Waals surface area contributed by atoms with Gasteiger partial charge in [0.05, 0.1) is 6.61 Å². The van der Waals surface area contributed by atoms with Crippen molar-refractivity contribution in [3.05, 3.63) is 82.8 Å². The van der Waals surface area contributed by atoms with E-state index in [2.05, 4.69) is 70.1 Å². The Morgan fingerprint density at radius 3 is 1.90 bits per heavy atom. The fourth-order valence-electron chi connectivity index (χ4n) is 3.15. The van der Waals surface area contributed by atoms with Gasteiger partial charge in [-0.05, 0) is 79.2 Å². The molecular formula is C26H26BrNO. The molecule has 0 aliphatic carbocycles. The highest BCUT2D eigenvalue weighted by molar-refractivity contribution is 9.10. The molecule has 0 atom stereocenters. The third kappa shape index (κ3) is 5.89. The summed E-state index contributed by atoms with van der Waals surface area (Å²) in [7, 11) is 0. The molecule has 29 heavy (non-hydrogen) atoms. The molecule has 148 valence electrons. The molecule has 3 rings (SSSR count). The highest BCUT2D eigenvalue weighted by Gasteiger charge is 2.12. The number of nitrogens with zero attached hydrogens (tertiary/aromatic N) is 1. The van der Waals surface area contributed by atoms with Gasteiger partial charge in [-0.1, -0.05) is 48.0 Å². The number of benzene rings is 3. The van der Waals surface area contributed by atoms with E-state index in [-0.39, 0.29) is 0 Å². The lowest BCUT2D eigenvalue weighted by atomic mass is 10.1. The van der Waals surface area contributed by atoms with Crippen LogP contribution in [0, 0.1) is 12.3 Å². The minimum atomic E-state index is 0.767. The topological polar surface area (TPSA) is 12.5 Å². The lowest BCUT2D eigenvalue weighted by Crippen LogP contribution is -2.09. The number of hydrogen-bond donors (Lipinski definition) is 0. The second-order valence-corrected chi connectivity index (χ2v) is 7.82. The van der Waals surface area contributed by atoms with Crippen LogP contribution >= 0.6 is 15.9 Å². The number of terminal acetylenes is 1. The van der Waals surface area contributed by atoms with Crippen molar-refractivity contribution in [1.29, 1.82) is 0 Å². The first-order chi connectivity index (χ1) is 14.2. The van der Waals surface area contributed by atoms with Gasteiger partial charge in [-0.2, -0.15) is 0 Å². The molecule has 2 nitrogen and oxygen atoms in total. The maximum Gasteiger partial charge on any atom is 0.119 e. The number of ether oxygens (including phenoxy) is 1. The predicted molar refractivity (Wildman–Crippen MR) is 126 cm³/mol. The zero-order chi connectivity index (χ0) is 20.5. The number of hydrogen-bond acceptors (Lipinski definition) is 2. The van der Waals surface area contributed by atoms with Crippen molar-refractivity contribution in [3.8, 4) is 18.1 Å². The van der Waals surface area contributed by atoms with Gasteiger partial charge in [0, 0.05) is 27.1 Å². The van der Waals surface area contributed by atoms with E-state index >= 15 is 0 Å². The normalized spacial score (nSPS) is 10.4. The maximum absolute atomic E-state index is 5.90. The summed E-state index contributed by atoms with van der Waals surface area (Å²) >= 11 is 3.52. The lowest BCUT2D eigenvalue weighted by Gasteiger charge is -2.25. The molecule has 3 heteroatoms. The van der Waals surface area contributed by atoms with E-state index in [4.69, 9.17) is 11.2 Å². The van der Waals surface area contributed by atoms with E-state index in [0.717, 1.165) is 45.9 Å². The van der Waals surface area contributed by atoms with Gasteiger partial charge in [0.15, 0.2) is 0 Å². The Bertz CT molecular complexity index is 924. The Balaban J connectivity index is 1.82. The minimum absolute atomic E-state index is 0.767. The number of anilines is 3. The molecule has 0 aliphatic heterocycles. The SMILES string of the molecule is C#Cc1ccc(N(c2ccc(Br)cc2)c2ccc(OCCCCCC)cc2)cc1. The Hall–Kier alpha value is -2.70. The molecule has 3 aromatic carbocycles. The predicted octanol–water partition coefficient (Wildman–Crippen LogP) is 7.86. The standard InChI is InChI=1S/C26H26BrNO/c1-3-5-6-7-20-29-26-18-16-25(17-19-26)28(24-14-10-22(27)11-15-24)23-12-8-21(4-2)9-13-23/h2,8-19H,3,5-7,20H2,1H3. The summed E-state index contributed by atoms with van der Waals surface area (Å²) in [5.74, 6) is 3.58. The first-order valence-electron chi connectivity index (χ1n) is 10.1. The van der Waals surface area contributed by atoms with Gasteiger partial charge < -0.3 is 9.64 Å². The summed E-state index contributed by atoms with van der Waals surface area (Å²) in [5, 5.41) is 0. The highest BCUT2D eigenvalue weighted by Crippen LogP contribution is 2.35. The van der Waals surface area contributed by atoms with Crippen molar-refractivity contribution in [2.45, 2.75) is 32.6 Å². The molecule has 0 amide bonds. The summed E-state index contributed by atoms with van der Waals surface area (Å²) in [6.45, 7) is 2.99. The van der Waals surface area contributed by atoms with E-state index in [1.807, 2.05) is 36.4 Å². The van der Waals surface area contributed by atoms with E-state index < -0.39 is 0 Å². The smallest absolute Gasteiger partial charge is 0.119 e. The summed E-state index contributed by atoms with van der Waals surface area (Å²) in [4.78, 5) is 2.21. The van der Waals surface area contributed by atoms with Crippen LogP contribution in [0.1, 0.15) is 38.2 Å². The van der Waals surface area contributed by atoms with Gasteiger partial charge in [-0.15, -0.1) is 6.42 Å². The minimum Gasteiger partial charge on any atom is -0.494 e. The van der Waals surface area contributed by atoms with Crippen LogP contribution in [0.5, 0.6) is 5.75 Å². The van der Waals surface area contributed by atoms with E-state index in [9.17, 15) is 0 Å². The molecule has 0 saturated carbocycles. The average Bonchev–Trinajstić information content (AvgIpc) is 2.76. The molecule has 0 radical (unpaired) electrons. The van der Waals surface area contributed by atoms with Crippen molar-refractivity contribution >= 4 is 33.0 Å². The van der Waals surface area contributed by atoms with Gasteiger partial charge in [-0.25, -0.2) is 0 Å². The van der Waals surface area contributed by atoms with Gasteiger partial charge in [0.1, 0.15) is 5.75 Å². The molecule has 0 spiro atoms. The number of rotatable bonds is 9. The molecule has 0 saturated heterocycles. The molecule has 0 aromatic heterocycles. The van der Waals surface area contributed by atoms with Crippen LogP contribution in [0.15, 0.2) is 77.3 Å². The van der Waals surface area contributed by atoms with Gasteiger partial charge in [0.2, 0.25) is 0 Å². The van der Waals surface area contributed by atoms with Crippen LogP contribution in [0.4, 0.5) is 17.1 Å². The van der Waals surface area contributed by atoms with Crippen LogP contribution < -0.4 is 9.64 Å². The van der Waals surface area contributed by atoms with Crippen molar-refractivity contribution in [2.24, 2.45) is 0 Å². The average molecular weight is 448 g/mol. The monoisotopic (exact) mass is 447 g/mol. The Morgan fingerprint density at radius 2 is 1.34 bits per heavy atom. The molecule has 0 bridgehead atoms. The van der Waals surface area contributed by atoms with E-state index in [1.165, 1.54) is 19.3 Å². The van der Waals surface area contributed by atoms with Crippen molar-refractivity contribution in [3.63, 3.8) is 0 Å². The van der Waals surface area contributed by atoms with Crippen LogP contribution in [-0.4, -0.2) is 6.61 Å². The third-order valence-electron chi connectivity index (χ3n) is 4.74. The fourth-order valence-corrected chi connectivity index (χ4v) is 3.42. The molecule has 0 heterocycles. The maximum atomic E-state index is 5.90. The second kappa shape index (κ2) is 10.7. The largest absolute Gasteiger partial charge is 0.494 e. The van der Waals surface area contributed by atoms with Crippen LogP contribution in [-0.2, 0) is 0 Å². The Kier molecular flexibility index (Phi) is 7.78. The zero-order valence-corrected chi connectivity index (χ0v) is 18.4. The van der Waals surface area contributed by atoms with E-state index in [1.54, 1.807) is 0 Å². The molecular weight excluding hydrogens is 422 g/mol. The lowest BCUT2D eigenvalue weighted by molar-refractivity contribution is 0.305. The van der Waals surface area contributed by atoms with Crippen LogP contribution in [0.25, 0.3) is 0 Å². The molecule has 0 fully saturated rings. The van der Waals surface area contributed by atoms with Gasteiger partial charge >= 0.3 is 0 Å². The summed E-state index contributed by atoms with van der Waals surface area (Å²) in [6.07, 6.45) is 10.3. The summed E-state index contributed by atoms with van der Waals surface area (Å²) in [5.41, 5.74) is 4.07. The quantitative estimate of drug-likeness (QED) is 0.244. The first kappa shape index (κ1) is 21.0. The third-order valence-corrected chi connectivity index (χ3v) is 5.27. The molecule has 0 unspecified atom stereocenters. The van der Waals surface area contributed by atoms with Crippen molar-refractivity contribution in [1.82, 2.24) is 0 Å². The number of halogens is 1. The van der Waals surface area contributed by atoms with Crippen molar-refractivity contribution in [2.75, 3.05) is 11.5 Å². The molecule has 3 aromatic rings. The number of unbranched alkanes of at least 4 members (excludes halogenated alkanes) is 3. The van der Waals surface area contributed by atoms with Crippen LogP contribution in [0.3, 0.4) is 0 Å². The second-order valence-electron chi connectivity index (χ2n) is 6.91. The molecule has 0 N–H and O–H groups in total. The van der Waals surface area contributed by atoms with Crippen molar-refractivity contribution < 1.29 is 4.74 Å². The van der Waals surface area contributed by atoms with Crippen LogP contribution in [0.2, 0.25) is 0 Å². The zero-order valence-electron chi connectivity index (χ0n) is 16.8. The van der Waals surface area contributed by atoms with Gasteiger partial charge in [0.25, 0.3) is 0 Å². The van der Waals surface area contributed by atoms with Gasteiger partial charge in [-0.3, -0.25) is 0 Å². The summed E-state index contributed by atoms with van der Waals surface area (Å²) in [6, 6.07) is 24.6. The Labute approximate surface area is 182 Å². The van der Waals surface area contributed by atoms with E-state index in [0.29, 0.717) is 0 Å². The Morgan fingerprint density at radius 1 is 0.793 bits per heavy atom. The summed E-state index contributed by atoms with van der Waals surface area (Å²) < 4.78 is 6.95. The fraction of sp³-hybridized carbons (Fsp3) is 0.231. The molecule has 0 aliphatic rings. The highest BCUT2D eigenvalue weighted by atomic mass is 79.9. The first-order valence-corrected chi connectivity index (χ1v) is 10.9.